The molecule has 0 unspecified atom stereocenters. The van der Waals surface area contributed by atoms with Crippen LogP contribution in [-0.4, -0.2) is 20.0 Å². The molecule has 2 atom stereocenters. The minimum absolute atomic E-state index is 0.00102. The Bertz CT molecular complexity index is 550. The molecular weight excluding hydrogens is 264 g/mol. The van der Waals surface area contributed by atoms with Gasteiger partial charge in [0.1, 0.15) is 17.3 Å². The number of ketones is 1. The molecule has 0 bridgehead atoms. The first-order valence-corrected chi connectivity index (χ1v) is 7.36. The highest BCUT2D eigenvalue weighted by molar-refractivity contribution is 5.80. The van der Waals surface area contributed by atoms with Crippen LogP contribution in [0.2, 0.25) is 0 Å². The maximum absolute atomic E-state index is 12.1. The van der Waals surface area contributed by atoms with Gasteiger partial charge in [-0.15, -0.1) is 0 Å². The third kappa shape index (κ3) is 2.97. The average Bonchev–Trinajstić information content (AvgIpc) is 2.48. The smallest absolute Gasteiger partial charge is 0.133 e. The summed E-state index contributed by atoms with van der Waals surface area (Å²) >= 11 is 0. The van der Waals surface area contributed by atoms with Crippen molar-refractivity contribution >= 4 is 5.78 Å². The van der Waals surface area contributed by atoms with E-state index in [2.05, 4.69) is 13.8 Å². The van der Waals surface area contributed by atoms with Gasteiger partial charge in [0.15, 0.2) is 0 Å². The summed E-state index contributed by atoms with van der Waals surface area (Å²) in [4.78, 5) is 12.1. The maximum atomic E-state index is 12.1. The molecule has 0 aromatic heterocycles. The molecule has 0 saturated carbocycles. The topological polar surface area (TPSA) is 35.5 Å². The standard InChI is InChI=1S/C18H24O3/c1-11-9-14(13(3)19)15(10-12(11)2)18-16(20-4)7-6-8-17(18)21-5/h6-8,14-15H,9-10H2,1-5H3/t14-,15+/m0/s1. The molecule has 0 radical (unpaired) electrons. The fourth-order valence-corrected chi connectivity index (χ4v) is 3.27. The zero-order chi connectivity index (χ0) is 15.6. The van der Waals surface area contributed by atoms with Gasteiger partial charge in [-0.3, -0.25) is 4.79 Å². The molecule has 0 saturated heterocycles. The van der Waals surface area contributed by atoms with Gasteiger partial charge in [0.05, 0.1) is 14.2 Å². The summed E-state index contributed by atoms with van der Waals surface area (Å²) in [6, 6.07) is 5.80. The highest BCUT2D eigenvalue weighted by atomic mass is 16.5. The number of ether oxygens (including phenoxy) is 2. The highest BCUT2D eigenvalue weighted by Gasteiger charge is 2.35. The van der Waals surface area contributed by atoms with E-state index in [-0.39, 0.29) is 17.6 Å². The van der Waals surface area contributed by atoms with Crippen molar-refractivity contribution < 1.29 is 14.3 Å². The molecule has 21 heavy (non-hydrogen) atoms. The Kier molecular flexibility index (Phi) is 4.71. The normalized spacial score (nSPS) is 22.1. The number of Topliss-reactive ketones (excluding diaryl/α,β-unsaturated/α-hetero) is 1. The molecule has 0 amide bonds. The Morgan fingerprint density at radius 3 is 2.05 bits per heavy atom. The largest absolute Gasteiger partial charge is 0.496 e. The van der Waals surface area contributed by atoms with Crippen LogP contribution in [0.3, 0.4) is 0 Å². The number of hydrogen-bond donors (Lipinski definition) is 0. The number of methoxy groups -OCH3 is 2. The number of allylic oxidation sites excluding steroid dienone is 2. The molecule has 0 N–H and O–H groups in total. The Labute approximate surface area is 127 Å². The summed E-state index contributed by atoms with van der Waals surface area (Å²) in [5.41, 5.74) is 3.72. The van der Waals surface area contributed by atoms with Crippen molar-refractivity contribution in [1.29, 1.82) is 0 Å². The Morgan fingerprint density at radius 2 is 1.57 bits per heavy atom. The predicted molar refractivity (Wildman–Crippen MR) is 84.1 cm³/mol. The first kappa shape index (κ1) is 15.6. The van der Waals surface area contributed by atoms with Crippen molar-refractivity contribution in [2.24, 2.45) is 5.92 Å². The summed E-state index contributed by atoms with van der Waals surface area (Å²) in [5.74, 6) is 1.96. The lowest BCUT2D eigenvalue weighted by Crippen LogP contribution is -2.25. The molecule has 3 heteroatoms. The zero-order valence-electron chi connectivity index (χ0n) is 13.5. The average molecular weight is 288 g/mol. The molecule has 1 aliphatic rings. The monoisotopic (exact) mass is 288 g/mol. The van der Waals surface area contributed by atoms with Crippen LogP contribution in [-0.2, 0) is 4.79 Å². The lowest BCUT2D eigenvalue weighted by molar-refractivity contribution is -0.121. The first-order valence-electron chi connectivity index (χ1n) is 7.36. The highest BCUT2D eigenvalue weighted by Crippen LogP contribution is 2.47. The summed E-state index contributed by atoms with van der Waals surface area (Å²) in [7, 11) is 3.33. The van der Waals surface area contributed by atoms with Gasteiger partial charge in [0, 0.05) is 17.4 Å². The van der Waals surface area contributed by atoms with E-state index < -0.39 is 0 Å². The van der Waals surface area contributed by atoms with E-state index in [0.717, 1.165) is 29.9 Å². The van der Waals surface area contributed by atoms with Crippen LogP contribution in [0.5, 0.6) is 11.5 Å². The van der Waals surface area contributed by atoms with Crippen molar-refractivity contribution in [3.63, 3.8) is 0 Å². The lowest BCUT2D eigenvalue weighted by atomic mass is 9.71. The zero-order valence-corrected chi connectivity index (χ0v) is 13.5. The minimum atomic E-state index is -0.00102. The van der Waals surface area contributed by atoms with Crippen molar-refractivity contribution in [2.45, 2.75) is 39.5 Å². The fraction of sp³-hybridized carbons (Fsp3) is 0.500. The Hall–Kier alpha value is -1.77. The van der Waals surface area contributed by atoms with Crippen LogP contribution in [0.25, 0.3) is 0 Å². The number of rotatable bonds is 4. The third-order valence-corrected chi connectivity index (χ3v) is 4.63. The van der Waals surface area contributed by atoms with E-state index in [1.54, 1.807) is 21.1 Å². The molecule has 0 aliphatic heterocycles. The van der Waals surface area contributed by atoms with Crippen molar-refractivity contribution in [3.05, 3.63) is 34.9 Å². The van der Waals surface area contributed by atoms with Crippen molar-refractivity contribution in [1.82, 2.24) is 0 Å². The summed E-state index contributed by atoms with van der Waals surface area (Å²) in [5, 5.41) is 0. The van der Waals surface area contributed by atoms with Gasteiger partial charge in [-0.1, -0.05) is 17.2 Å². The molecule has 0 heterocycles. The number of carbonyl (C=O) groups excluding carboxylic acids is 1. The van der Waals surface area contributed by atoms with E-state index in [9.17, 15) is 4.79 Å². The van der Waals surface area contributed by atoms with Gasteiger partial charge in [-0.05, 0) is 45.7 Å². The third-order valence-electron chi connectivity index (χ3n) is 4.63. The summed E-state index contributed by atoms with van der Waals surface area (Å²) in [6.45, 7) is 5.97. The summed E-state index contributed by atoms with van der Waals surface area (Å²) < 4.78 is 11.0. The lowest BCUT2D eigenvalue weighted by Gasteiger charge is -2.33. The molecular formula is C18H24O3. The van der Waals surface area contributed by atoms with E-state index in [0.29, 0.717) is 0 Å². The van der Waals surface area contributed by atoms with E-state index in [1.807, 2.05) is 18.2 Å². The summed E-state index contributed by atoms with van der Waals surface area (Å²) in [6.07, 6.45) is 1.71. The van der Waals surface area contributed by atoms with E-state index >= 15 is 0 Å². The molecule has 0 fully saturated rings. The van der Waals surface area contributed by atoms with Crippen LogP contribution in [0.4, 0.5) is 0 Å². The quantitative estimate of drug-likeness (QED) is 0.782. The van der Waals surface area contributed by atoms with Gasteiger partial charge >= 0.3 is 0 Å². The molecule has 114 valence electrons. The molecule has 2 rings (SSSR count). The second-order valence-corrected chi connectivity index (χ2v) is 5.87. The second-order valence-electron chi connectivity index (χ2n) is 5.87. The molecule has 1 aliphatic carbocycles. The second kappa shape index (κ2) is 6.33. The van der Waals surface area contributed by atoms with Crippen LogP contribution in [0, 0.1) is 5.92 Å². The number of benzene rings is 1. The van der Waals surface area contributed by atoms with Gasteiger partial charge in [0.2, 0.25) is 0 Å². The number of carbonyl (C=O) groups is 1. The van der Waals surface area contributed by atoms with Crippen molar-refractivity contribution in [3.8, 4) is 11.5 Å². The van der Waals surface area contributed by atoms with Gasteiger partial charge in [-0.2, -0.15) is 0 Å². The van der Waals surface area contributed by atoms with Crippen LogP contribution < -0.4 is 9.47 Å². The maximum Gasteiger partial charge on any atom is 0.133 e. The van der Waals surface area contributed by atoms with Gasteiger partial charge in [0.25, 0.3) is 0 Å². The Morgan fingerprint density at radius 1 is 1.05 bits per heavy atom. The first-order chi connectivity index (χ1) is 9.99. The SMILES string of the molecule is COc1cccc(OC)c1[C@@H]1CC(C)=C(C)C[C@H]1C(C)=O. The van der Waals surface area contributed by atoms with Crippen LogP contribution in [0.15, 0.2) is 29.3 Å². The van der Waals surface area contributed by atoms with Gasteiger partial charge < -0.3 is 9.47 Å². The van der Waals surface area contributed by atoms with Crippen LogP contribution in [0.1, 0.15) is 45.1 Å². The van der Waals surface area contributed by atoms with Crippen LogP contribution >= 0.6 is 0 Å². The Balaban J connectivity index is 2.55. The molecule has 3 nitrogen and oxygen atoms in total. The fourth-order valence-electron chi connectivity index (χ4n) is 3.27. The minimum Gasteiger partial charge on any atom is -0.496 e. The molecule has 1 aromatic carbocycles. The number of hydrogen-bond acceptors (Lipinski definition) is 3. The van der Waals surface area contributed by atoms with E-state index in [1.165, 1.54) is 11.1 Å². The molecule has 0 spiro atoms. The van der Waals surface area contributed by atoms with Crippen molar-refractivity contribution in [2.75, 3.05) is 14.2 Å². The predicted octanol–water partition coefficient (Wildman–Crippen LogP) is 4.12. The van der Waals surface area contributed by atoms with Gasteiger partial charge in [-0.25, -0.2) is 0 Å². The van der Waals surface area contributed by atoms with E-state index in [4.69, 9.17) is 9.47 Å². The molecule has 1 aromatic rings.